The molecule has 152 valence electrons. The first kappa shape index (κ1) is 21.1. The van der Waals surface area contributed by atoms with Crippen molar-refractivity contribution in [2.24, 2.45) is 0 Å². The molecule has 29 heavy (non-hydrogen) atoms. The summed E-state index contributed by atoms with van der Waals surface area (Å²) < 4.78 is 27.0. The van der Waals surface area contributed by atoms with Gasteiger partial charge in [-0.2, -0.15) is 0 Å². The molecule has 0 fully saturated rings. The molecule has 3 rings (SSSR count). The molecule has 0 unspecified atom stereocenters. The molecule has 8 nitrogen and oxygen atoms in total. The molecule has 1 aliphatic heterocycles. The van der Waals surface area contributed by atoms with Crippen molar-refractivity contribution >= 4 is 45.0 Å². The highest BCUT2D eigenvalue weighted by atomic mass is 35.5. The molecule has 0 bridgehead atoms. The molecule has 2 aromatic rings. The fourth-order valence-electron chi connectivity index (χ4n) is 2.69. The highest BCUT2D eigenvalue weighted by Gasteiger charge is 2.38. The molecule has 0 spiro atoms. The highest BCUT2D eigenvalue weighted by molar-refractivity contribution is 7.89. The predicted molar refractivity (Wildman–Crippen MR) is 107 cm³/mol. The van der Waals surface area contributed by atoms with Crippen LogP contribution in [-0.4, -0.2) is 35.6 Å². The molecular formula is C18H16Cl2N4O4S. The van der Waals surface area contributed by atoms with Crippen LogP contribution in [-0.2, 0) is 26.2 Å². The molecule has 0 saturated heterocycles. The predicted octanol–water partition coefficient (Wildman–Crippen LogP) is 2.06. The van der Waals surface area contributed by atoms with E-state index < -0.39 is 27.9 Å². The third-order valence-electron chi connectivity index (χ3n) is 4.12. The first-order valence-corrected chi connectivity index (χ1v) is 10.6. The van der Waals surface area contributed by atoms with Crippen molar-refractivity contribution in [2.75, 3.05) is 0 Å². The van der Waals surface area contributed by atoms with E-state index in [4.69, 9.17) is 23.2 Å². The number of carbonyl (C=O) groups excluding carboxylic acids is 2. The van der Waals surface area contributed by atoms with Crippen molar-refractivity contribution in [3.05, 3.63) is 70.7 Å². The molecule has 2 heterocycles. The van der Waals surface area contributed by atoms with Gasteiger partial charge in [-0.1, -0.05) is 35.3 Å². The monoisotopic (exact) mass is 454 g/mol. The van der Waals surface area contributed by atoms with Crippen molar-refractivity contribution in [3.63, 3.8) is 0 Å². The van der Waals surface area contributed by atoms with E-state index in [0.717, 1.165) is 9.87 Å². The van der Waals surface area contributed by atoms with Crippen LogP contribution < -0.4 is 10.6 Å². The SMILES string of the molecule is O=C(C[C@@H]1C(=O)NC=CN1S(=O)(=O)c1cccc(Cl)c1Cl)NCc1cccnc1. The molecule has 11 heteroatoms. The number of aromatic nitrogens is 1. The minimum Gasteiger partial charge on any atom is -0.352 e. The molecular weight excluding hydrogens is 439 g/mol. The molecule has 1 aromatic heterocycles. The van der Waals surface area contributed by atoms with Gasteiger partial charge < -0.3 is 10.6 Å². The van der Waals surface area contributed by atoms with Crippen LogP contribution >= 0.6 is 23.2 Å². The Morgan fingerprint density at radius 1 is 1.24 bits per heavy atom. The molecule has 2 amide bonds. The summed E-state index contributed by atoms with van der Waals surface area (Å²) in [6.45, 7) is 0.198. The molecule has 1 aliphatic rings. The maximum Gasteiger partial charge on any atom is 0.266 e. The summed E-state index contributed by atoms with van der Waals surface area (Å²) in [5, 5.41) is 4.96. The lowest BCUT2D eigenvalue weighted by atomic mass is 10.1. The number of nitrogens with zero attached hydrogens (tertiary/aromatic N) is 2. The summed E-state index contributed by atoms with van der Waals surface area (Å²) in [6, 6.07) is 6.39. The smallest absolute Gasteiger partial charge is 0.266 e. The summed E-state index contributed by atoms with van der Waals surface area (Å²) in [6.07, 6.45) is 5.17. The third-order valence-corrected chi connectivity index (χ3v) is 6.88. The van der Waals surface area contributed by atoms with E-state index in [1.165, 1.54) is 30.6 Å². The van der Waals surface area contributed by atoms with E-state index in [2.05, 4.69) is 15.6 Å². The van der Waals surface area contributed by atoms with Crippen LogP contribution in [0.5, 0.6) is 0 Å². The van der Waals surface area contributed by atoms with Crippen molar-refractivity contribution in [3.8, 4) is 0 Å². The Labute approximate surface area is 177 Å². The lowest BCUT2D eigenvalue weighted by Crippen LogP contribution is -2.51. The largest absolute Gasteiger partial charge is 0.352 e. The molecule has 1 atom stereocenters. The van der Waals surface area contributed by atoms with E-state index in [1.54, 1.807) is 24.5 Å². The van der Waals surface area contributed by atoms with Crippen LogP contribution in [0.25, 0.3) is 0 Å². The summed E-state index contributed by atoms with van der Waals surface area (Å²) in [5.74, 6) is -1.13. The van der Waals surface area contributed by atoms with E-state index in [9.17, 15) is 18.0 Å². The second-order valence-electron chi connectivity index (χ2n) is 6.07. The number of hydrogen-bond acceptors (Lipinski definition) is 5. The average molecular weight is 455 g/mol. The summed E-state index contributed by atoms with van der Waals surface area (Å²) in [5.41, 5.74) is 0.768. The Balaban J connectivity index is 1.81. The van der Waals surface area contributed by atoms with Crippen LogP contribution in [0.15, 0.2) is 60.0 Å². The van der Waals surface area contributed by atoms with Gasteiger partial charge in [0.2, 0.25) is 11.8 Å². The van der Waals surface area contributed by atoms with Crippen LogP contribution in [0.1, 0.15) is 12.0 Å². The number of sulfonamides is 1. The topological polar surface area (TPSA) is 108 Å². The van der Waals surface area contributed by atoms with E-state index in [0.29, 0.717) is 0 Å². The maximum absolute atomic E-state index is 13.1. The van der Waals surface area contributed by atoms with Crippen LogP contribution in [0.3, 0.4) is 0 Å². The molecule has 2 N–H and O–H groups in total. The van der Waals surface area contributed by atoms with Gasteiger partial charge in [-0.05, 0) is 23.8 Å². The Morgan fingerprint density at radius 2 is 2.03 bits per heavy atom. The minimum absolute atomic E-state index is 0.0592. The standard InChI is InChI=1S/C18H16Cl2N4O4S/c19-13-4-1-5-15(17(13)20)29(27,28)24-8-7-22-18(26)14(24)9-16(25)23-11-12-3-2-6-21-10-12/h1-8,10,14H,9,11H2,(H,22,26)(H,23,25)/t14-/m1/s1. The van der Waals surface area contributed by atoms with Gasteiger partial charge >= 0.3 is 0 Å². The molecule has 0 radical (unpaired) electrons. The Morgan fingerprint density at radius 3 is 2.76 bits per heavy atom. The van der Waals surface area contributed by atoms with Gasteiger partial charge in [-0.3, -0.25) is 18.9 Å². The molecule has 0 aliphatic carbocycles. The van der Waals surface area contributed by atoms with Gasteiger partial charge in [0, 0.05) is 31.3 Å². The number of halogens is 2. The van der Waals surface area contributed by atoms with Crippen molar-refractivity contribution in [1.82, 2.24) is 19.9 Å². The number of rotatable bonds is 6. The normalized spacial score (nSPS) is 16.4. The van der Waals surface area contributed by atoms with Crippen molar-refractivity contribution in [2.45, 2.75) is 23.9 Å². The Kier molecular flexibility index (Phi) is 6.41. The van der Waals surface area contributed by atoms with Crippen LogP contribution in [0, 0.1) is 0 Å². The zero-order valence-corrected chi connectivity index (χ0v) is 17.2. The number of pyridine rings is 1. The lowest BCUT2D eigenvalue weighted by Gasteiger charge is -2.31. The number of nitrogens with one attached hydrogen (secondary N) is 2. The Bertz CT molecular complexity index is 1060. The van der Waals surface area contributed by atoms with Crippen molar-refractivity contribution < 1.29 is 18.0 Å². The van der Waals surface area contributed by atoms with E-state index in [-0.39, 0.29) is 27.9 Å². The van der Waals surface area contributed by atoms with Crippen LogP contribution in [0.2, 0.25) is 10.0 Å². The minimum atomic E-state index is -4.23. The lowest BCUT2D eigenvalue weighted by molar-refractivity contribution is -0.129. The third kappa shape index (κ3) is 4.69. The molecule has 1 aromatic carbocycles. The van der Waals surface area contributed by atoms with Gasteiger partial charge in [0.25, 0.3) is 10.0 Å². The van der Waals surface area contributed by atoms with Crippen molar-refractivity contribution in [1.29, 1.82) is 0 Å². The van der Waals surface area contributed by atoms with E-state index in [1.807, 2.05) is 0 Å². The first-order valence-electron chi connectivity index (χ1n) is 8.41. The Hall–Kier alpha value is -2.62. The van der Waals surface area contributed by atoms with E-state index >= 15 is 0 Å². The average Bonchev–Trinajstić information content (AvgIpc) is 2.70. The summed E-state index contributed by atoms with van der Waals surface area (Å²) >= 11 is 12.0. The van der Waals surface area contributed by atoms with Crippen LogP contribution in [0.4, 0.5) is 0 Å². The fourth-order valence-corrected chi connectivity index (χ4v) is 4.88. The first-order chi connectivity index (χ1) is 13.8. The van der Waals surface area contributed by atoms with Gasteiger partial charge in [-0.25, -0.2) is 8.42 Å². The van der Waals surface area contributed by atoms with Gasteiger partial charge in [0.05, 0.1) is 16.5 Å². The van der Waals surface area contributed by atoms with Gasteiger partial charge in [0.1, 0.15) is 10.9 Å². The maximum atomic E-state index is 13.1. The molecule has 0 saturated carbocycles. The quantitative estimate of drug-likeness (QED) is 0.693. The fraction of sp³-hybridized carbons (Fsp3) is 0.167. The zero-order chi connectivity index (χ0) is 21.0. The zero-order valence-electron chi connectivity index (χ0n) is 14.9. The van der Waals surface area contributed by atoms with Gasteiger partial charge in [-0.15, -0.1) is 0 Å². The second kappa shape index (κ2) is 8.81. The number of hydrogen-bond donors (Lipinski definition) is 2. The number of benzene rings is 1. The summed E-state index contributed by atoms with van der Waals surface area (Å²) in [4.78, 5) is 28.4. The number of carbonyl (C=O) groups is 2. The second-order valence-corrected chi connectivity index (χ2v) is 8.67. The number of amides is 2. The van der Waals surface area contributed by atoms with Gasteiger partial charge in [0.15, 0.2) is 0 Å². The highest BCUT2D eigenvalue weighted by Crippen LogP contribution is 2.32. The summed E-state index contributed by atoms with van der Waals surface area (Å²) in [7, 11) is -4.23.